The van der Waals surface area contributed by atoms with Gasteiger partial charge in [0.15, 0.2) is 6.61 Å². The molecule has 2 rings (SSSR count). The fraction of sp³-hybridized carbons (Fsp3) is 0.318. The lowest BCUT2D eigenvalue weighted by Gasteiger charge is -2.09. The number of anilines is 1. The van der Waals surface area contributed by atoms with Gasteiger partial charge in [-0.3, -0.25) is 14.4 Å². The van der Waals surface area contributed by atoms with Crippen LogP contribution in [-0.4, -0.2) is 35.8 Å². The molecular weight excluding hydrogens is 374 g/mol. The molecule has 0 unspecified atom stereocenters. The summed E-state index contributed by atoms with van der Waals surface area (Å²) in [6.45, 7) is 7.38. The number of hydrogen-bond acceptors (Lipinski definition) is 5. The molecule has 0 saturated heterocycles. The van der Waals surface area contributed by atoms with E-state index < -0.39 is 5.97 Å². The molecule has 0 aromatic heterocycles. The Morgan fingerprint density at radius 3 is 2.29 bits per heavy atom. The van der Waals surface area contributed by atoms with E-state index in [1.165, 1.54) is 0 Å². The van der Waals surface area contributed by atoms with Crippen LogP contribution >= 0.6 is 11.8 Å². The fourth-order valence-corrected chi connectivity index (χ4v) is 3.28. The topological polar surface area (TPSA) is 72.5 Å². The maximum atomic E-state index is 12.2. The molecule has 2 aromatic rings. The standard InChI is InChI=1S/C22H25NO4S/c1-14-6-8-19(17(4)9-14)23-21(25)12-28-13-22(26)27-11-20(24)18-10-15(2)5-7-16(18)3/h5-10H,11-13H2,1-4H3,(H,23,25). The normalized spacial score (nSPS) is 10.4. The molecule has 6 heteroatoms. The summed E-state index contributed by atoms with van der Waals surface area (Å²) in [5.41, 5.74) is 5.27. The third kappa shape index (κ3) is 6.53. The maximum Gasteiger partial charge on any atom is 0.316 e. The van der Waals surface area contributed by atoms with Crippen molar-refractivity contribution in [1.82, 2.24) is 0 Å². The Hall–Kier alpha value is -2.60. The van der Waals surface area contributed by atoms with Crippen LogP contribution in [0, 0.1) is 27.7 Å². The SMILES string of the molecule is Cc1ccc(NC(=O)CSCC(=O)OCC(=O)c2cc(C)ccc2C)c(C)c1. The van der Waals surface area contributed by atoms with Crippen molar-refractivity contribution >= 4 is 35.1 Å². The van der Waals surface area contributed by atoms with Crippen molar-refractivity contribution in [1.29, 1.82) is 0 Å². The summed E-state index contributed by atoms with van der Waals surface area (Å²) in [5, 5.41) is 2.83. The molecule has 5 nitrogen and oxygen atoms in total. The van der Waals surface area contributed by atoms with E-state index in [1.54, 1.807) is 6.07 Å². The molecule has 0 heterocycles. The monoisotopic (exact) mass is 399 g/mol. The molecule has 0 spiro atoms. The molecule has 0 radical (unpaired) electrons. The number of aryl methyl sites for hydroxylation is 4. The van der Waals surface area contributed by atoms with Crippen LogP contribution in [-0.2, 0) is 14.3 Å². The first kappa shape index (κ1) is 21.7. The van der Waals surface area contributed by atoms with Crippen molar-refractivity contribution in [2.45, 2.75) is 27.7 Å². The second-order valence-electron chi connectivity index (χ2n) is 6.76. The van der Waals surface area contributed by atoms with Gasteiger partial charge in [-0.1, -0.05) is 35.4 Å². The van der Waals surface area contributed by atoms with Crippen LogP contribution < -0.4 is 5.32 Å². The summed E-state index contributed by atoms with van der Waals surface area (Å²) in [5.74, 6) is -0.778. The number of ether oxygens (including phenoxy) is 1. The second kappa shape index (κ2) is 10.1. The van der Waals surface area contributed by atoms with Crippen molar-refractivity contribution in [3.63, 3.8) is 0 Å². The van der Waals surface area contributed by atoms with E-state index in [0.29, 0.717) is 5.56 Å². The highest BCUT2D eigenvalue weighted by Crippen LogP contribution is 2.16. The molecule has 148 valence electrons. The number of Topliss-reactive ketones (excluding diaryl/α,β-unsaturated/α-hetero) is 1. The molecule has 0 bridgehead atoms. The van der Waals surface area contributed by atoms with Crippen LogP contribution in [0.4, 0.5) is 5.69 Å². The van der Waals surface area contributed by atoms with E-state index in [-0.39, 0.29) is 29.8 Å². The zero-order valence-electron chi connectivity index (χ0n) is 16.6. The van der Waals surface area contributed by atoms with E-state index >= 15 is 0 Å². The van der Waals surface area contributed by atoms with Crippen molar-refractivity contribution in [2.75, 3.05) is 23.4 Å². The van der Waals surface area contributed by atoms with Gasteiger partial charge in [0, 0.05) is 11.3 Å². The second-order valence-corrected chi connectivity index (χ2v) is 7.75. The highest BCUT2D eigenvalue weighted by Gasteiger charge is 2.13. The largest absolute Gasteiger partial charge is 0.457 e. The third-order valence-corrected chi connectivity index (χ3v) is 5.07. The average Bonchev–Trinajstić information content (AvgIpc) is 2.64. The van der Waals surface area contributed by atoms with Gasteiger partial charge >= 0.3 is 5.97 Å². The Balaban J connectivity index is 1.73. The summed E-state index contributed by atoms with van der Waals surface area (Å²) >= 11 is 1.15. The van der Waals surface area contributed by atoms with Gasteiger partial charge < -0.3 is 10.1 Å². The van der Waals surface area contributed by atoms with E-state index in [4.69, 9.17) is 4.74 Å². The van der Waals surface area contributed by atoms with Gasteiger partial charge in [-0.05, 0) is 51.0 Å². The first-order valence-electron chi connectivity index (χ1n) is 8.97. The van der Waals surface area contributed by atoms with Crippen molar-refractivity contribution < 1.29 is 19.1 Å². The van der Waals surface area contributed by atoms with Crippen LogP contribution in [0.25, 0.3) is 0 Å². The minimum Gasteiger partial charge on any atom is -0.457 e. The van der Waals surface area contributed by atoms with Crippen molar-refractivity contribution in [3.8, 4) is 0 Å². The predicted octanol–water partition coefficient (Wildman–Crippen LogP) is 4.02. The molecule has 0 fully saturated rings. The van der Waals surface area contributed by atoms with Gasteiger partial charge in [-0.15, -0.1) is 11.8 Å². The molecule has 0 aliphatic heterocycles. The van der Waals surface area contributed by atoms with Crippen LogP contribution in [0.3, 0.4) is 0 Å². The number of benzene rings is 2. The minimum absolute atomic E-state index is 0.0143. The molecule has 0 saturated carbocycles. The molecular formula is C22H25NO4S. The van der Waals surface area contributed by atoms with E-state index in [1.807, 2.05) is 58.0 Å². The number of hydrogen-bond donors (Lipinski definition) is 1. The number of rotatable bonds is 8. The summed E-state index contributed by atoms with van der Waals surface area (Å²) in [6, 6.07) is 11.4. The average molecular weight is 400 g/mol. The molecule has 0 aliphatic rings. The van der Waals surface area contributed by atoms with Crippen LogP contribution in [0.5, 0.6) is 0 Å². The van der Waals surface area contributed by atoms with Crippen LogP contribution in [0.15, 0.2) is 36.4 Å². The lowest BCUT2D eigenvalue weighted by atomic mass is 10.0. The third-order valence-electron chi connectivity index (χ3n) is 4.17. The summed E-state index contributed by atoms with van der Waals surface area (Å²) in [6.07, 6.45) is 0. The minimum atomic E-state index is -0.511. The van der Waals surface area contributed by atoms with Crippen molar-refractivity contribution in [3.05, 3.63) is 64.2 Å². The van der Waals surface area contributed by atoms with E-state index in [0.717, 1.165) is 39.7 Å². The summed E-state index contributed by atoms with van der Waals surface area (Å²) in [7, 11) is 0. The van der Waals surface area contributed by atoms with E-state index in [2.05, 4.69) is 5.32 Å². The predicted molar refractivity (Wildman–Crippen MR) is 113 cm³/mol. The number of nitrogens with one attached hydrogen (secondary N) is 1. The number of esters is 1. The summed E-state index contributed by atoms with van der Waals surface area (Å²) < 4.78 is 5.04. The Bertz CT molecular complexity index is 892. The Morgan fingerprint density at radius 2 is 1.57 bits per heavy atom. The zero-order chi connectivity index (χ0) is 20.7. The molecule has 0 atom stereocenters. The lowest BCUT2D eigenvalue weighted by molar-refractivity contribution is -0.139. The number of thioether (sulfide) groups is 1. The van der Waals surface area contributed by atoms with Gasteiger partial charge in [0.2, 0.25) is 11.7 Å². The van der Waals surface area contributed by atoms with Gasteiger partial charge in [0.1, 0.15) is 0 Å². The summed E-state index contributed by atoms with van der Waals surface area (Å²) in [4.78, 5) is 36.1. The Morgan fingerprint density at radius 1 is 0.893 bits per heavy atom. The van der Waals surface area contributed by atoms with Gasteiger partial charge in [-0.25, -0.2) is 0 Å². The van der Waals surface area contributed by atoms with Crippen LogP contribution in [0.1, 0.15) is 32.6 Å². The molecule has 2 aromatic carbocycles. The highest BCUT2D eigenvalue weighted by molar-refractivity contribution is 8.00. The smallest absolute Gasteiger partial charge is 0.316 e. The lowest BCUT2D eigenvalue weighted by Crippen LogP contribution is -2.19. The molecule has 1 amide bonds. The van der Waals surface area contributed by atoms with Gasteiger partial charge in [0.05, 0.1) is 11.5 Å². The zero-order valence-corrected chi connectivity index (χ0v) is 17.4. The highest BCUT2D eigenvalue weighted by atomic mass is 32.2. The molecule has 1 N–H and O–H groups in total. The first-order chi connectivity index (χ1) is 13.3. The van der Waals surface area contributed by atoms with Crippen molar-refractivity contribution in [2.24, 2.45) is 0 Å². The fourth-order valence-electron chi connectivity index (χ4n) is 2.67. The molecule has 28 heavy (non-hydrogen) atoms. The Labute approximate surface area is 169 Å². The number of ketones is 1. The maximum absolute atomic E-state index is 12.2. The Kier molecular flexibility index (Phi) is 7.81. The van der Waals surface area contributed by atoms with Crippen LogP contribution in [0.2, 0.25) is 0 Å². The number of carbonyl (C=O) groups excluding carboxylic acids is 3. The number of carbonyl (C=O) groups is 3. The first-order valence-corrected chi connectivity index (χ1v) is 10.1. The molecule has 0 aliphatic carbocycles. The number of amides is 1. The van der Waals surface area contributed by atoms with Gasteiger partial charge in [-0.2, -0.15) is 0 Å². The van der Waals surface area contributed by atoms with E-state index in [9.17, 15) is 14.4 Å². The quantitative estimate of drug-likeness (QED) is 0.536. The van der Waals surface area contributed by atoms with Gasteiger partial charge in [0.25, 0.3) is 0 Å².